The van der Waals surface area contributed by atoms with E-state index in [0.717, 1.165) is 44.9 Å². The van der Waals surface area contributed by atoms with Crippen LogP contribution in [0.3, 0.4) is 0 Å². The number of aromatic nitrogens is 2. The van der Waals surface area contributed by atoms with Crippen molar-refractivity contribution in [3.8, 4) is 0 Å². The van der Waals surface area contributed by atoms with Gasteiger partial charge in [0.15, 0.2) is 5.82 Å². The van der Waals surface area contributed by atoms with Gasteiger partial charge in [-0.15, -0.1) is 0 Å². The van der Waals surface area contributed by atoms with E-state index < -0.39 is 17.3 Å². The average molecular weight is 553 g/mol. The maximum atomic E-state index is 13.4. The first-order valence-corrected chi connectivity index (χ1v) is 14.7. The zero-order valence-electron chi connectivity index (χ0n) is 24.7. The number of carbonyl (C=O) groups excluding carboxylic acids is 2. The Morgan fingerprint density at radius 2 is 1.73 bits per heavy atom. The van der Waals surface area contributed by atoms with Crippen molar-refractivity contribution in [2.75, 3.05) is 6.54 Å². The van der Waals surface area contributed by atoms with E-state index >= 15 is 0 Å². The molecule has 0 unspecified atom stereocenters. The topological polar surface area (TPSA) is 107 Å². The molecule has 1 heterocycles. The molecule has 0 bridgehead atoms. The van der Waals surface area contributed by atoms with Crippen molar-refractivity contribution in [2.24, 2.45) is 0 Å². The van der Waals surface area contributed by atoms with Crippen molar-refractivity contribution in [2.45, 2.75) is 127 Å². The van der Waals surface area contributed by atoms with Gasteiger partial charge in [-0.3, -0.25) is 0 Å². The van der Waals surface area contributed by atoms with Crippen molar-refractivity contribution in [3.63, 3.8) is 0 Å². The number of nitrogens with one attached hydrogen (secondary N) is 1. The molecule has 2 amide bonds. The number of benzene rings is 1. The van der Waals surface area contributed by atoms with Gasteiger partial charge in [0.05, 0.1) is 5.41 Å². The first-order valence-electron chi connectivity index (χ1n) is 14.7. The molecule has 0 radical (unpaired) electrons. The molecule has 40 heavy (non-hydrogen) atoms. The van der Waals surface area contributed by atoms with Crippen LogP contribution in [0.4, 0.5) is 9.59 Å². The number of carbonyl (C=O) groups is 2. The Bertz CT molecular complexity index is 1190. The predicted octanol–water partition coefficient (Wildman–Crippen LogP) is 6.45. The molecule has 3 aliphatic carbocycles. The van der Waals surface area contributed by atoms with E-state index in [-0.39, 0.29) is 29.5 Å². The Labute approximate surface area is 237 Å². The summed E-state index contributed by atoms with van der Waals surface area (Å²) in [5.41, 5.74) is -0.175. The number of nitrogens with zero attached hydrogens (tertiary/aromatic N) is 3. The lowest BCUT2D eigenvalue weighted by Gasteiger charge is -2.30. The first kappa shape index (κ1) is 28.4. The highest BCUT2D eigenvalue weighted by Gasteiger charge is 2.55. The second-order valence-electron chi connectivity index (χ2n) is 13.9. The maximum absolute atomic E-state index is 13.4. The predicted molar refractivity (Wildman–Crippen MR) is 150 cm³/mol. The van der Waals surface area contributed by atoms with Gasteiger partial charge in [0.25, 0.3) is 0 Å². The van der Waals surface area contributed by atoms with E-state index in [4.69, 9.17) is 19.0 Å². The van der Waals surface area contributed by atoms with Gasteiger partial charge in [0.1, 0.15) is 11.2 Å². The number of amides is 2. The average Bonchev–Trinajstić information content (AvgIpc) is 3.77. The third kappa shape index (κ3) is 6.96. The van der Waals surface area contributed by atoms with Crippen molar-refractivity contribution in [1.29, 1.82) is 0 Å². The van der Waals surface area contributed by atoms with Gasteiger partial charge in [-0.25, -0.2) is 9.59 Å². The van der Waals surface area contributed by atoms with Crippen LogP contribution >= 0.6 is 0 Å². The summed E-state index contributed by atoms with van der Waals surface area (Å²) in [6.07, 6.45) is 5.59. The molecule has 9 heteroatoms. The fraction of sp³-hybridized carbons (Fsp3) is 0.677. The highest BCUT2D eigenvalue weighted by atomic mass is 16.6. The van der Waals surface area contributed by atoms with Gasteiger partial charge in [0.2, 0.25) is 5.89 Å². The first-order chi connectivity index (χ1) is 18.8. The summed E-state index contributed by atoms with van der Waals surface area (Å²) in [5, 5.41) is 7.44. The van der Waals surface area contributed by atoms with Crippen LogP contribution in [0.2, 0.25) is 0 Å². The molecule has 1 aromatic heterocycles. The molecule has 0 spiro atoms. The highest BCUT2D eigenvalue weighted by molar-refractivity contribution is 5.70. The van der Waals surface area contributed by atoms with Gasteiger partial charge < -0.3 is 24.2 Å². The van der Waals surface area contributed by atoms with Crippen LogP contribution < -0.4 is 5.32 Å². The second-order valence-corrected chi connectivity index (χ2v) is 13.9. The van der Waals surface area contributed by atoms with Crippen molar-refractivity contribution < 1.29 is 23.6 Å². The van der Waals surface area contributed by atoms with Gasteiger partial charge in [-0.2, -0.15) is 4.98 Å². The summed E-state index contributed by atoms with van der Waals surface area (Å²) < 4.78 is 17.1. The van der Waals surface area contributed by atoms with Crippen molar-refractivity contribution in [3.05, 3.63) is 47.6 Å². The normalized spacial score (nSPS) is 25.6. The molecular weight excluding hydrogens is 508 g/mol. The van der Waals surface area contributed by atoms with E-state index in [2.05, 4.69) is 22.6 Å². The van der Waals surface area contributed by atoms with Gasteiger partial charge >= 0.3 is 12.2 Å². The lowest BCUT2D eigenvalue weighted by molar-refractivity contribution is 0.0208. The fourth-order valence-electron chi connectivity index (χ4n) is 5.79. The monoisotopic (exact) mass is 552 g/mol. The van der Waals surface area contributed by atoms with Crippen LogP contribution in [-0.4, -0.2) is 57.1 Å². The summed E-state index contributed by atoms with van der Waals surface area (Å²) in [6.45, 7) is 11.8. The lowest BCUT2D eigenvalue weighted by Crippen LogP contribution is -2.43. The van der Waals surface area contributed by atoms with Crippen LogP contribution in [0.15, 0.2) is 34.9 Å². The molecule has 1 aromatic carbocycles. The van der Waals surface area contributed by atoms with Crippen molar-refractivity contribution >= 4 is 12.2 Å². The zero-order chi connectivity index (χ0) is 28.7. The van der Waals surface area contributed by atoms with Gasteiger partial charge in [-0.05, 0) is 85.6 Å². The van der Waals surface area contributed by atoms with Crippen LogP contribution in [0, 0.1) is 0 Å². The van der Waals surface area contributed by atoms with E-state index in [0.29, 0.717) is 24.2 Å². The van der Waals surface area contributed by atoms with E-state index in [1.54, 1.807) is 0 Å². The quantitative estimate of drug-likeness (QED) is 0.421. The Hall–Kier alpha value is -3.10. The van der Waals surface area contributed by atoms with Crippen LogP contribution in [0.25, 0.3) is 0 Å². The molecule has 4 atom stereocenters. The number of alkyl carbamates (subject to hydrolysis) is 1. The van der Waals surface area contributed by atoms with Gasteiger partial charge in [0, 0.05) is 30.5 Å². The minimum Gasteiger partial charge on any atom is -0.444 e. The third-order valence-electron chi connectivity index (χ3n) is 8.00. The standard InChI is InChI=1S/C31H44N4O5/c1-29(2,3)38-27(36)32-22-14-10-13-21(17-22)25-33-26(34-40-25)31(15-16-31)19-35(28(37)39-30(4,5)6)24-18-23(24)20-11-8-7-9-12-20/h7-9,11-12,21-24H,10,13-19H2,1-6H3,(H,32,36)/t21-,22+,23+,24-/m1/s1. The number of rotatable bonds is 7. The van der Waals surface area contributed by atoms with E-state index in [1.165, 1.54) is 5.56 Å². The van der Waals surface area contributed by atoms with Crippen LogP contribution in [0.1, 0.15) is 116 Å². The Balaban J connectivity index is 1.27. The number of ether oxygens (including phenoxy) is 2. The highest BCUT2D eigenvalue weighted by Crippen LogP contribution is 2.52. The summed E-state index contributed by atoms with van der Waals surface area (Å²) in [6, 6.07) is 10.5. The molecule has 218 valence electrons. The van der Waals surface area contributed by atoms with Crippen LogP contribution in [-0.2, 0) is 14.9 Å². The smallest absolute Gasteiger partial charge is 0.410 e. The zero-order valence-corrected chi connectivity index (χ0v) is 24.7. The SMILES string of the molecule is CC(C)(C)OC(=O)N[C@H]1CCC[C@@H](c2nc(C3(CN(C(=O)OC(C)(C)C)[C@@H]4C[C@H]4c4ccccc4)CC3)no2)C1. The largest absolute Gasteiger partial charge is 0.444 e. The molecule has 9 nitrogen and oxygen atoms in total. The van der Waals surface area contributed by atoms with E-state index in [1.807, 2.05) is 64.6 Å². The van der Waals surface area contributed by atoms with Gasteiger partial charge in [-0.1, -0.05) is 41.9 Å². The molecular formula is C31H44N4O5. The van der Waals surface area contributed by atoms with Crippen LogP contribution in [0.5, 0.6) is 0 Å². The Kier molecular flexibility index (Phi) is 7.61. The summed E-state index contributed by atoms with van der Waals surface area (Å²) >= 11 is 0. The molecule has 0 aliphatic heterocycles. The number of hydrogen-bond acceptors (Lipinski definition) is 7. The molecule has 5 rings (SSSR count). The lowest BCUT2D eigenvalue weighted by atomic mass is 9.85. The fourth-order valence-corrected chi connectivity index (χ4v) is 5.79. The summed E-state index contributed by atoms with van der Waals surface area (Å²) in [4.78, 5) is 32.5. The minimum absolute atomic E-state index is 0.00582. The minimum atomic E-state index is -0.576. The van der Waals surface area contributed by atoms with Crippen molar-refractivity contribution in [1.82, 2.24) is 20.4 Å². The summed E-state index contributed by atoms with van der Waals surface area (Å²) in [7, 11) is 0. The van der Waals surface area contributed by atoms with E-state index in [9.17, 15) is 9.59 Å². The molecule has 3 saturated carbocycles. The molecule has 3 aliphatic rings. The second kappa shape index (κ2) is 10.7. The Morgan fingerprint density at radius 1 is 1.02 bits per heavy atom. The molecule has 3 fully saturated rings. The molecule has 1 N–H and O–H groups in total. The molecule has 2 aromatic rings. The maximum Gasteiger partial charge on any atom is 0.410 e. The number of hydrogen-bond donors (Lipinski definition) is 1. The third-order valence-corrected chi connectivity index (χ3v) is 8.00. The Morgan fingerprint density at radius 3 is 2.38 bits per heavy atom. The summed E-state index contributed by atoms with van der Waals surface area (Å²) in [5.74, 6) is 1.69. The molecule has 0 saturated heterocycles.